The topological polar surface area (TPSA) is 110 Å². The average Bonchev–Trinajstić information content (AvgIpc) is 2.99. The van der Waals surface area contributed by atoms with Crippen molar-refractivity contribution in [2.45, 2.75) is 19.5 Å². The maximum atomic E-state index is 11.9. The molecule has 0 spiro atoms. The smallest absolute Gasteiger partial charge is 0.328 e. The van der Waals surface area contributed by atoms with Crippen LogP contribution in [0.1, 0.15) is 12.0 Å². The number of hydrogen-bond acceptors (Lipinski definition) is 6. The van der Waals surface area contributed by atoms with Crippen LogP contribution in [0.4, 0.5) is 0 Å². The van der Waals surface area contributed by atoms with Gasteiger partial charge in [-0.3, -0.25) is 14.6 Å². The van der Waals surface area contributed by atoms with E-state index in [0.29, 0.717) is 6.54 Å². The molecule has 8 nitrogen and oxygen atoms in total. The van der Waals surface area contributed by atoms with E-state index < -0.39 is 11.2 Å². The van der Waals surface area contributed by atoms with Gasteiger partial charge < -0.3 is 9.88 Å². The first-order chi connectivity index (χ1) is 11.1. The van der Waals surface area contributed by atoms with Gasteiger partial charge in [0.1, 0.15) is 11.0 Å². The van der Waals surface area contributed by atoms with Crippen LogP contribution in [0.2, 0.25) is 0 Å². The molecule has 0 fully saturated rings. The van der Waals surface area contributed by atoms with Gasteiger partial charge in [0, 0.05) is 31.8 Å². The van der Waals surface area contributed by atoms with Crippen molar-refractivity contribution >= 4 is 28.7 Å². The van der Waals surface area contributed by atoms with Crippen LogP contribution in [0.3, 0.4) is 0 Å². The maximum Gasteiger partial charge on any atom is 0.328 e. The molecule has 0 bridgehead atoms. The maximum absolute atomic E-state index is 11.9. The highest BCUT2D eigenvalue weighted by Crippen LogP contribution is 2.13. The summed E-state index contributed by atoms with van der Waals surface area (Å²) in [5.74, 6) is -0.181. The number of fused-ring (bicyclic) bond motifs is 1. The third-order valence-electron chi connectivity index (χ3n) is 3.28. The summed E-state index contributed by atoms with van der Waals surface area (Å²) in [5, 5.41) is 2.79. The predicted octanol–water partition coefficient (Wildman–Crippen LogP) is 0.248. The summed E-state index contributed by atoms with van der Waals surface area (Å²) in [6, 6.07) is 6.87. The van der Waals surface area contributed by atoms with Gasteiger partial charge in [0.2, 0.25) is 5.91 Å². The Morgan fingerprint density at radius 2 is 2.04 bits per heavy atom. The number of carbonyl (C=O) groups excluding carboxylic acids is 1. The van der Waals surface area contributed by atoms with Crippen molar-refractivity contribution < 1.29 is 4.79 Å². The fourth-order valence-electron chi connectivity index (χ4n) is 2.07. The van der Waals surface area contributed by atoms with Crippen molar-refractivity contribution in [1.29, 1.82) is 0 Å². The second-order valence-corrected chi connectivity index (χ2v) is 5.45. The van der Waals surface area contributed by atoms with E-state index in [1.807, 2.05) is 18.2 Å². The van der Waals surface area contributed by atoms with Gasteiger partial charge in [-0.05, 0) is 17.7 Å². The quantitative estimate of drug-likeness (QED) is 0.696. The number of H-pyrrole nitrogens is 1. The van der Waals surface area contributed by atoms with Crippen molar-refractivity contribution in [3.8, 4) is 0 Å². The third-order valence-corrected chi connectivity index (χ3v) is 3.84. The van der Waals surface area contributed by atoms with Crippen molar-refractivity contribution in [3.05, 3.63) is 56.9 Å². The first-order valence-electron chi connectivity index (χ1n) is 6.89. The number of aryl methyl sites for hydroxylation is 1. The van der Waals surface area contributed by atoms with Gasteiger partial charge in [-0.25, -0.2) is 4.79 Å². The molecule has 0 atom stereocenters. The number of hydrogen-bond donors (Lipinski definition) is 2. The lowest BCUT2D eigenvalue weighted by Gasteiger charge is -2.06. The molecular weight excluding hydrogens is 318 g/mol. The van der Waals surface area contributed by atoms with Crippen LogP contribution in [-0.2, 0) is 17.9 Å². The van der Waals surface area contributed by atoms with Crippen molar-refractivity contribution in [2.24, 2.45) is 0 Å². The molecule has 1 aromatic carbocycles. The van der Waals surface area contributed by atoms with Crippen LogP contribution < -0.4 is 16.6 Å². The Kier molecular flexibility index (Phi) is 4.29. The minimum atomic E-state index is -0.521. The fourth-order valence-corrected chi connectivity index (χ4v) is 2.59. The monoisotopic (exact) mass is 331 g/mol. The Bertz CT molecular complexity index is 958. The Morgan fingerprint density at radius 3 is 2.87 bits per heavy atom. The summed E-state index contributed by atoms with van der Waals surface area (Å²) in [4.78, 5) is 36.5. The Balaban J connectivity index is 1.54. The van der Waals surface area contributed by atoms with Gasteiger partial charge in [-0.1, -0.05) is 6.07 Å². The van der Waals surface area contributed by atoms with Crippen molar-refractivity contribution in [2.75, 3.05) is 0 Å². The average molecular weight is 331 g/mol. The number of aromatic nitrogens is 4. The summed E-state index contributed by atoms with van der Waals surface area (Å²) < 4.78 is 9.55. The summed E-state index contributed by atoms with van der Waals surface area (Å²) in [7, 11) is 0. The Morgan fingerprint density at radius 1 is 1.22 bits per heavy atom. The number of carbonyl (C=O) groups is 1. The summed E-state index contributed by atoms with van der Waals surface area (Å²) in [6.07, 6.45) is 1.52. The molecule has 2 heterocycles. The first-order valence-corrected chi connectivity index (χ1v) is 7.62. The van der Waals surface area contributed by atoms with E-state index in [4.69, 9.17) is 0 Å². The molecule has 1 amide bonds. The van der Waals surface area contributed by atoms with Gasteiger partial charge >= 0.3 is 5.69 Å². The summed E-state index contributed by atoms with van der Waals surface area (Å²) >= 11 is 1.15. The molecule has 0 aliphatic carbocycles. The van der Waals surface area contributed by atoms with Crippen LogP contribution in [-0.4, -0.2) is 24.2 Å². The number of nitrogens with one attached hydrogen (secondary N) is 2. The van der Waals surface area contributed by atoms with E-state index in [9.17, 15) is 14.4 Å². The number of rotatable bonds is 5. The lowest BCUT2D eigenvalue weighted by atomic mass is 10.2. The fraction of sp³-hybridized carbons (Fsp3) is 0.214. The number of benzene rings is 1. The Hall–Kier alpha value is -2.81. The lowest BCUT2D eigenvalue weighted by molar-refractivity contribution is -0.121. The highest BCUT2D eigenvalue weighted by molar-refractivity contribution is 7.00. The second kappa shape index (κ2) is 6.53. The molecule has 118 valence electrons. The van der Waals surface area contributed by atoms with E-state index in [-0.39, 0.29) is 18.9 Å². The molecular formula is C14H13N5O3S. The standard InChI is InChI=1S/C14H13N5O3S/c20-12(3-5-19-6-4-13(21)16-14(19)22)15-8-9-1-2-10-11(7-9)18-23-17-10/h1-2,4,6-7H,3,5,8H2,(H,15,20)(H,16,21,22). The Labute approximate surface area is 134 Å². The molecule has 3 rings (SSSR count). The van der Waals surface area contributed by atoms with Gasteiger partial charge in [0.05, 0.1) is 11.7 Å². The molecule has 0 saturated heterocycles. The molecule has 23 heavy (non-hydrogen) atoms. The van der Waals surface area contributed by atoms with E-state index in [1.54, 1.807) is 0 Å². The van der Waals surface area contributed by atoms with Gasteiger partial charge in [0.15, 0.2) is 0 Å². The third kappa shape index (κ3) is 3.69. The number of amides is 1. The van der Waals surface area contributed by atoms with E-state index >= 15 is 0 Å². The zero-order valence-corrected chi connectivity index (χ0v) is 12.8. The van der Waals surface area contributed by atoms with Gasteiger partial charge in [0.25, 0.3) is 5.56 Å². The first kappa shape index (κ1) is 15.1. The molecule has 0 radical (unpaired) electrons. The molecule has 0 saturated carbocycles. The van der Waals surface area contributed by atoms with E-state index in [2.05, 4.69) is 19.0 Å². The molecule has 3 aromatic rings. The zero-order valence-electron chi connectivity index (χ0n) is 12.0. The van der Waals surface area contributed by atoms with Crippen molar-refractivity contribution in [1.82, 2.24) is 23.6 Å². The minimum absolute atomic E-state index is 0.145. The van der Waals surface area contributed by atoms with Crippen LogP contribution >= 0.6 is 11.7 Å². The van der Waals surface area contributed by atoms with Crippen LogP contribution in [0.15, 0.2) is 40.1 Å². The lowest BCUT2D eigenvalue weighted by Crippen LogP contribution is -2.31. The molecule has 9 heteroatoms. The number of nitrogens with zero attached hydrogens (tertiary/aromatic N) is 3. The molecule has 0 aliphatic heterocycles. The molecule has 0 aliphatic rings. The highest BCUT2D eigenvalue weighted by Gasteiger charge is 2.05. The molecule has 2 N–H and O–H groups in total. The molecule has 2 aromatic heterocycles. The van der Waals surface area contributed by atoms with E-state index in [1.165, 1.54) is 16.8 Å². The highest BCUT2D eigenvalue weighted by atomic mass is 32.1. The van der Waals surface area contributed by atoms with Crippen LogP contribution in [0, 0.1) is 0 Å². The SMILES string of the molecule is O=C(CCn1ccc(=O)[nH]c1=O)NCc1ccc2nsnc2c1. The number of aromatic amines is 1. The summed E-state index contributed by atoms with van der Waals surface area (Å²) in [6.45, 7) is 0.587. The predicted molar refractivity (Wildman–Crippen MR) is 85.2 cm³/mol. The summed E-state index contributed by atoms with van der Waals surface area (Å²) in [5.41, 5.74) is 1.60. The largest absolute Gasteiger partial charge is 0.352 e. The van der Waals surface area contributed by atoms with Crippen LogP contribution in [0.25, 0.3) is 11.0 Å². The normalized spacial score (nSPS) is 10.8. The van der Waals surface area contributed by atoms with Gasteiger partial charge in [-0.15, -0.1) is 0 Å². The van der Waals surface area contributed by atoms with E-state index in [0.717, 1.165) is 28.3 Å². The minimum Gasteiger partial charge on any atom is -0.352 e. The molecule has 0 unspecified atom stereocenters. The zero-order chi connectivity index (χ0) is 16.2. The van der Waals surface area contributed by atoms with Crippen LogP contribution in [0.5, 0.6) is 0 Å². The second-order valence-electron chi connectivity index (χ2n) is 4.92. The van der Waals surface area contributed by atoms with Gasteiger partial charge in [-0.2, -0.15) is 8.75 Å². The van der Waals surface area contributed by atoms with Crippen molar-refractivity contribution in [3.63, 3.8) is 0 Å².